The van der Waals surface area contributed by atoms with Gasteiger partial charge in [0, 0.05) is 17.2 Å². The molecule has 0 N–H and O–H groups in total. The summed E-state index contributed by atoms with van der Waals surface area (Å²) in [6, 6.07) is 0. The lowest BCUT2D eigenvalue weighted by atomic mass is 10.3. The standard InChI is InChI=1S/C9H12Br2O2/c1-8(12)13-9(7-11)5-3-2-4-6-10/h3,5,7H,2,4,6H2,1H3/b5-3+,9-7-. The molecule has 0 bridgehead atoms. The summed E-state index contributed by atoms with van der Waals surface area (Å²) in [5.74, 6) is 0.220. The van der Waals surface area contributed by atoms with Crippen LogP contribution in [0, 0.1) is 0 Å². The number of rotatable bonds is 5. The summed E-state index contributed by atoms with van der Waals surface area (Å²) >= 11 is 6.44. The van der Waals surface area contributed by atoms with Crippen LogP contribution in [-0.2, 0) is 9.53 Å². The number of hydrogen-bond acceptors (Lipinski definition) is 2. The van der Waals surface area contributed by atoms with E-state index < -0.39 is 0 Å². The lowest BCUT2D eigenvalue weighted by molar-refractivity contribution is -0.136. The number of carbonyl (C=O) groups is 1. The number of hydrogen-bond donors (Lipinski definition) is 0. The zero-order chi connectivity index (χ0) is 10.1. The monoisotopic (exact) mass is 310 g/mol. The summed E-state index contributed by atoms with van der Waals surface area (Å²) in [6.45, 7) is 1.38. The molecule has 0 aliphatic rings. The van der Waals surface area contributed by atoms with Crippen LogP contribution in [0.3, 0.4) is 0 Å². The number of esters is 1. The predicted molar refractivity (Wildman–Crippen MR) is 60.9 cm³/mol. The maximum atomic E-state index is 10.6. The van der Waals surface area contributed by atoms with E-state index in [0.29, 0.717) is 5.76 Å². The molecule has 13 heavy (non-hydrogen) atoms. The molecule has 0 aromatic rings. The van der Waals surface area contributed by atoms with Crippen LogP contribution in [0.2, 0.25) is 0 Å². The van der Waals surface area contributed by atoms with E-state index in [9.17, 15) is 4.79 Å². The minimum atomic E-state index is -0.309. The Hall–Kier alpha value is -0.0900. The molecule has 0 amide bonds. The van der Waals surface area contributed by atoms with E-state index in [-0.39, 0.29) is 5.97 Å². The van der Waals surface area contributed by atoms with Crippen molar-refractivity contribution in [3.63, 3.8) is 0 Å². The van der Waals surface area contributed by atoms with Crippen LogP contribution in [0.25, 0.3) is 0 Å². The van der Waals surface area contributed by atoms with Gasteiger partial charge in [0.1, 0.15) is 5.76 Å². The largest absolute Gasteiger partial charge is 0.426 e. The number of unbranched alkanes of at least 4 members (excludes halogenated alkanes) is 1. The molecule has 0 aliphatic heterocycles. The predicted octanol–water partition coefficient (Wildman–Crippen LogP) is 3.52. The molecule has 0 spiro atoms. The summed E-state index contributed by atoms with van der Waals surface area (Å²) in [7, 11) is 0. The van der Waals surface area contributed by atoms with Gasteiger partial charge in [-0.15, -0.1) is 0 Å². The van der Waals surface area contributed by atoms with Gasteiger partial charge >= 0.3 is 5.97 Å². The molecule has 0 aliphatic carbocycles. The molecule has 0 saturated heterocycles. The Kier molecular flexibility index (Phi) is 8.45. The lowest BCUT2D eigenvalue weighted by Crippen LogP contribution is -1.95. The highest BCUT2D eigenvalue weighted by Gasteiger charge is 1.95. The van der Waals surface area contributed by atoms with Crippen LogP contribution in [0.5, 0.6) is 0 Å². The average Bonchev–Trinajstić information content (AvgIpc) is 2.09. The fraction of sp³-hybridized carbons (Fsp3) is 0.444. The van der Waals surface area contributed by atoms with Gasteiger partial charge in [-0.05, 0) is 18.9 Å². The van der Waals surface area contributed by atoms with Gasteiger partial charge in [-0.1, -0.05) is 37.9 Å². The lowest BCUT2D eigenvalue weighted by Gasteiger charge is -1.98. The van der Waals surface area contributed by atoms with Gasteiger partial charge < -0.3 is 4.74 Å². The SMILES string of the molecule is CC(=O)OC(=C\Br)/C=C/CCCBr. The Morgan fingerprint density at radius 1 is 1.54 bits per heavy atom. The van der Waals surface area contributed by atoms with E-state index in [1.54, 1.807) is 11.1 Å². The molecule has 0 aromatic carbocycles. The second-order valence-corrected chi connectivity index (χ2v) is 3.59. The molecule has 0 atom stereocenters. The molecule has 4 heteroatoms. The molecule has 0 heterocycles. The van der Waals surface area contributed by atoms with Crippen LogP contribution in [0.4, 0.5) is 0 Å². The summed E-state index contributed by atoms with van der Waals surface area (Å²) in [5, 5.41) is 0.984. The van der Waals surface area contributed by atoms with E-state index in [1.165, 1.54) is 6.92 Å². The van der Waals surface area contributed by atoms with E-state index in [0.717, 1.165) is 18.2 Å². The molecule has 0 saturated carbocycles. The van der Waals surface area contributed by atoms with Gasteiger partial charge in [0.05, 0.1) is 0 Å². The Morgan fingerprint density at radius 2 is 2.23 bits per heavy atom. The highest BCUT2D eigenvalue weighted by molar-refractivity contribution is 9.11. The van der Waals surface area contributed by atoms with Crippen LogP contribution in [0.1, 0.15) is 19.8 Å². The number of alkyl halides is 1. The van der Waals surface area contributed by atoms with E-state index in [2.05, 4.69) is 31.9 Å². The molecule has 0 fully saturated rings. The van der Waals surface area contributed by atoms with Crippen molar-refractivity contribution in [2.45, 2.75) is 19.8 Å². The highest BCUT2D eigenvalue weighted by Crippen LogP contribution is 2.05. The first-order chi connectivity index (χ1) is 6.20. The zero-order valence-electron chi connectivity index (χ0n) is 7.43. The summed E-state index contributed by atoms with van der Waals surface area (Å²) in [5.41, 5.74) is 0. The van der Waals surface area contributed by atoms with E-state index in [1.807, 2.05) is 6.08 Å². The Labute approximate surface area is 95.3 Å². The molecular weight excluding hydrogens is 300 g/mol. The zero-order valence-corrected chi connectivity index (χ0v) is 10.6. The second kappa shape index (κ2) is 8.51. The van der Waals surface area contributed by atoms with Crippen LogP contribution >= 0.6 is 31.9 Å². The quantitative estimate of drug-likeness (QED) is 0.255. The van der Waals surface area contributed by atoms with Crippen LogP contribution in [0.15, 0.2) is 22.9 Å². The molecule has 2 nitrogen and oxygen atoms in total. The van der Waals surface area contributed by atoms with Crippen molar-refractivity contribution in [3.05, 3.63) is 22.9 Å². The second-order valence-electron chi connectivity index (χ2n) is 2.34. The molecule has 0 rings (SSSR count). The molecule has 74 valence electrons. The molecule has 0 unspecified atom stereocenters. The van der Waals surface area contributed by atoms with Gasteiger partial charge in [0.2, 0.25) is 0 Å². The van der Waals surface area contributed by atoms with Crippen molar-refractivity contribution < 1.29 is 9.53 Å². The Morgan fingerprint density at radius 3 is 2.69 bits per heavy atom. The first-order valence-electron chi connectivity index (χ1n) is 3.92. The van der Waals surface area contributed by atoms with Crippen molar-refractivity contribution in [1.29, 1.82) is 0 Å². The maximum Gasteiger partial charge on any atom is 0.308 e. The van der Waals surface area contributed by atoms with Crippen LogP contribution < -0.4 is 0 Å². The number of ether oxygens (including phenoxy) is 1. The minimum Gasteiger partial charge on any atom is -0.426 e. The third-order valence-electron chi connectivity index (χ3n) is 1.16. The van der Waals surface area contributed by atoms with Crippen molar-refractivity contribution >= 4 is 37.8 Å². The van der Waals surface area contributed by atoms with E-state index >= 15 is 0 Å². The van der Waals surface area contributed by atoms with Gasteiger partial charge in [0.25, 0.3) is 0 Å². The summed E-state index contributed by atoms with van der Waals surface area (Å²) in [6.07, 6.45) is 5.79. The van der Waals surface area contributed by atoms with Crippen molar-refractivity contribution in [3.8, 4) is 0 Å². The summed E-state index contributed by atoms with van der Waals surface area (Å²) < 4.78 is 4.86. The fourth-order valence-electron chi connectivity index (χ4n) is 0.653. The van der Waals surface area contributed by atoms with Gasteiger partial charge in [0.15, 0.2) is 0 Å². The minimum absolute atomic E-state index is 0.309. The number of carbonyl (C=O) groups excluding carboxylic acids is 1. The smallest absolute Gasteiger partial charge is 0.308 e. The van der Waals surface area contributed by atoms with Gasteiger partial charge in [-0.3, -0.25) is 4.79 Å². The van der Waals surface area contributed by atoms with Crippen molar-refractivity contribution in [2.75, 3.05) is 5.33 Å². The van der Waals surface area contributed by atoms with Gasteiger partial charge in [-0.2, -0.15) is 0 Å². The number of allylic oxidation sites excluding steroid dienone is 2. The maximum absolute atomic E-state index is 10.6. The van der Waals surface area contributed by atoms with Crippen molar-refractivity contribution in [1.82, 2.24) is 0 Å². The normalized spacial score (nSPS) is 12.1. The third-order valence-corrected chi connectivity index (χ3v) is 2.17. The van der Waals surface area contributed by atoms with Crippen LogP contribution in [-0.4, -0.2) is 11.3 Å². The first-order valence-corrected chi connectivity index (χ1v) is 5.95. The first kappa shape index (κ1) is 12.9. The molecular formula is C9H12Br2O2. The number of halogens is 2. The van der Waals surface area contributed by atoms with Gasteiger partial charge in [-0.25, -0.2) is 0 Å². The highest BCUT2D eigenvalue weighted by atomic mass is 79.9. The Bertz CT molecular complexity index is 210. The average molecular weight is 312 g/mol. The third kappa shape index (κ3) is 8.25. The van der Waals surface area contributed by atoms with Crippen molar-refractivity contribution in [2.24, 2.45) is 0 Å². The summed E-state index contributed by atoms with van der Waals surface area (Å²) in [4.78, 5) is 12.2. The topological polar surface area (TPSA) is 26.3 Å². The van der Waals surface area contributed by atoms with E-state index in [4.69, 9.17) is 4.74 Å². The Balaban J connectivity index is 3.85. The molecule has 0 radical (unpaired) electrons. The fourth-order valence-corrected chi connectivity index (χ4v) is 1.22. The molecule has 0 aromatic heterocycles.